The molecule has 0 radical (unpaired) electrons. The number of anilines is 1. The van der Waals surface area contributed by atoms with Crippen molar-refractivity contribution in [2.24, 2.45) is 5.10 Å². The molecular weight excluding hydrogens is 368 g/mol. The average molecular weight is 393 g/mol. The number of nitrogens with zero attached hydrogens (tertiary/aromatic N) is 3. The lowest BCUT2D eigenvalue weighted by Crippen LogP contribution is -2.21. The second-order valence-electron chi connectivity index (χ2n) is 6.24. The normalized spacial score (nSPS) is 10.9. The number of benzene rings is 2. The van der Waals surface area contributed by atoms with Gasteiger partial charge in [-0.25, -0.2) is 10.4 Å². The van der Waals surface area contributed by atoms with Gasteiger partial charge in [0.25, 0.3) is 0 Å². The minimum absolute atomic E-state index is 0.180. The predicted octanol–water partition coefficient (Wildman–Crippen LogP) is 4.35. The van der Waals surface area contributed by atoms with Gasteiger partial charge in [0.1, 0.15) is 5.01 Å². The number of carbonyl (C=O) groups is 1. The number of amides is 1. The first-order valence-electron chi connectivity index (χ1n) is 9.36. The van der Waals surface area contributed by atoms with Crippen molar-refractivity contribution in [1.29, 1.82) is 0 Å². The Morgan fingerprint density at radius 2 is 1.82 bits per heavy atom. The third-order valence-corrected chi connectivity index (χ3v) is 5.28. The summed E-state index contributed by atoms with van der Waals surface area (Å²) in [4.78, 5) is 18.9. The number of rotatable bonds is 8. The molecule has 0 aliphatic heterocycles. The van der Waals surface area contributed by atoms with Crippen LogP contribution in [-0.4, -0.2) is 30.2 Å². The maximum Gasteiger partial charge on any atom is 0.246 e. The quantitative estimate of drug-likeness (QED) is 0.458. The highest BCUT2D eigenvalue weighted by molar-refractivity contribution is 7.13. The summed E-state index contributed by atoms with van der Waals surface area (Å²) in [5.74, 6) is -0.180. The van der Waals surface area contributed by atoms with E-state index in [1.54, 1.807) is 6.21 Å². The Hall–Kier alpha value is -2.99. The Kier molecular flexibility index (Phi) is 6.92. The van der Waals surface area contributed by atoms with Crippen LogP contribution in [0.4, 0.5) is 5.69 Å². The first kappa shape index (κ1) is 19.8. The van der Waals surface area contributed by atoms with Gasteiger partial charge in [0.15, 0.2) is 0 Å². The molecule has 0 saturated heterocycles. The molecule has 3 rings (SSSR count). The Morgan fingerprint density at radius 1 is 1.11 bits per heavy atom. The van der Waals surface area contributed by atoms with Crippen LogP contribution in [-0.2, 0) is 11.2 Å². The zero-order valence-electron chi connectivity index (χ0n) is 16.1. The van der Waals surface area contributed by atoms with Crippen molar-refractivity contribution >= 4 is 29.1 Å². The van der Waals surface area contributed by atoms with Gasteiger partial charge < -0.3 is 4.90 Å². The molecule has 144 valence electrons. The summed E-state index contributed by atoms with van der Waals surface area (Å²) in [5, 5.41) is 6.89. The first-order chi connectivity index (χ1) is 13.7. The maximum absolute atomic E-state index is 12.1. The zero-order valence-corrected chi connectivity index (χ0v) is 16.9. The van der Waals surface area contributed by atoms with Crippen molar-refractivity contribution < 1.29 is 4.79 Å². The van der Waals surface area contributed by atoms with E-state index in [4.69, 9.17) is 0 Å². The number of carbonyl (C=O) groups excluding carboxylic acids is 1. The molecule has 0 aliphatic carbocycles. The van der Waals surface area contributed by atoms with Crippen LogP contribution >= 0.6 is 11.3 Å². The molecule has 0 spiro atoms. The summed E-state index contributed by atoms with van der Waals surface area (Å²) in [6.45, 7) is 6.23. The SMILES string of the molecule is CCN(CC)c1ccc(C=NNC(=O)Cc2csc(-c3ccccc3)n2)cc1. The van der Waals surface area contributed by atoms with Crippen LogP contribution in [0.5, 0.6) is 0 Å². The number of hydrazone groups is 1. The Morgan fingerprint density at radius 3 is 2.50 bits per heavy atom. The van der Waals surface area contributed by atoms with Gasteiger partial charge in [-0.3, -0.25) is 4.79 Å². The number of thiazole rings is 1. The zero-order chi connectivity index (χ0) is 19.8. The summed E-state index contributed by atoms with van der Waals surface area (Å²) in [5.41, 5.74) is 6.51. The molecule has 2 aromatic carbocycles. The van der Waals surface area contributed by atoms with Crippen LogP contribution in [0.15, 0.2) is 65.1 Å². The number of nitrogens with one attached hydrogen (secondary N) is 1. The Bertz CT molecular complexity index is 915. The summed E-state index contributed by atoms with van der Waals surface area (Å²) in [6.07, 6.45) is 1.86. The van der Waals surface area contributed by atoms with Crippen LogP contribution < -0.4 is 10.3 Å². The molecule has 1 amide bonds. The van der Waals surface area contributed by atoms with E-state index in [0.29, 0.717) is 0 Å². The van der Waals surface area contributed by atoms with Crippen molar-refractivity contribution in [2.45, 2.75) is 20.3 Å². The molecule has 3 aromatic rings. The van der Waals surface area contributed by atoms with E-state index in [-0.39, 0.29) is 12.3 Å². The molecule has 1 N–H and O–H groups in total. The number of hydrogen-bond acceptors (Lipinski definition) is 5. The van der Waals surface area contributed by atoms with Crippen molar-refractivity contribution in [3.8, 4) is 10.6 Å². The molecule has 0 saturated carbocycles. The number of aromatic nitrogens is 1. The Balaban J connectivity index is 1.52. The topological polar surface area (TPSA) is 57.6 Å². The standard InChI is InChI=1S/C22H24N4OS/c1-3-26(4-2)20-12-10-17(11-13-20)15-23-25-21(27)14-19-16-28-22(24-19)18-8-6-5-7-9-18/h5-13,15-16H,3-4,14H2,1-2H3,(H,25,27). The fraction of sp³-hybridized carbons (Fsp3) is 0.227. The first-order valence-corrected chi connectivity index (χ1v) is 10.2. The van der Waals surface area contributed by atoms with Gasteiger partial charge in [0.2, 0.25) is 5.91 Å². The largest absolute Gasteiger partial charge is 0.372 e. The second-order valence-corrected chi connectivity index (χ2v) is 7.10. The van der Waals surface area contributed by atoms with Crippen molar-refractivity contribution in [3.63, 3.8) is 0 Å². The second kappa shape index (κ2) is 9.80. The van der Waals surface area contributed by atoms with Gasteiger partial charge in [0, 0.05) is 29.7 Å². The summed E-state index contributed by atoms with van der Waals surface area (Å²) >= 11 is 1.54. The molecule has 0 fully saturated rings. The van der Waals surface area contributed by atoms with Gasteiger partial charge >= 0.3 is 0 Å². The lowest BCUT2D eigenvalue weighted by atomic mass is 10.2. The third-order valence-electron chi connectivity index (χ3n) is 4.34. The Labute approximate surface area is 169 Å². The maximum atomic E-state index is 12.1. The molecule has 0 aliphatic rings. The highest BCUT2D eigenvalue weighted by Crippen LogP contribution is 2.23. The van der Waals surface area contributed by atoms with Crippen molar-refractivity contribution in [2.75, 3.05) is 18.0 Å². The molecule has 6 heteroatoms. The summed E-state index contributed by atoms with van der Waals surface area (Å²) in [6, 6.07) is 18.1. The average Bonchev–Trinajstić information content (AvgIpc) is 3.19. The monoisotopic (exact) mass is 392 g/mol. The lowest BCUT2D eigenvalue weighted by Gasteiger charge is -2.20. The van der Waals surface area contributed by atoms with E-state index in [2.05, 4.69) is 46.4 Å². The van der Waals surface area contributed by atoms with Crippen LogP contribution in [0, 0.1) is 0 Å². The van der Waals surface area contributed by atoms with Crippen LogP contribution in [0.1, 0.15) is 25.1 Å². The minimum Gasteiger partial charge on any atom is -0.372 e. The van der Waals surface area contributed by atoms with E-state index in [9.17, 15) is 4.79 Å². The fourth-order valence-electron chi connectivity index (χ4n) is 2.84. The number of hydrogen-bond donors (Lipinski definition) is 1. The van der Waals surface area contributed by atoms with Crippen molar-refractivity contribution in [1.82, 2.24) is 10.4 Å². The summed E-state index contributed by atoms with van der Waals surface area (Å²) < 4.78 is 0. The molecule has 0 atom stereocenters. The van der Waals surface area contributed by atoms with E-state index < -0.39 is 0 Å². The molecule has 1 aromatic heterocycles. The van der Waals surface area contributed by atoms with E-state index in [0.717, 1.165) is 34.9 Å². The molecule has 28 heavy (non-hydrogen) atoms. The molecule has 1 heterocycles. The third kappa shape index (κ3) is 5.27. The van der Waals surface area contributed by atoms with Crippen LogP contribution in [0.2, 0.25) is 0 Å². The minimum atomic E-state index is -0.180. The van der Waals surface area contributed by atoms with Crippen LogP contribution in [0.25, 0.3) is 10.6 Å². The van der Waals surface area contributed by atoms with E-state index >= 15 is 0 Å². The molecular formula is C22H24N4OS. The highest BCUT2D eigenvalue weighted by atomic mass is 32.1. The van der Waals surface area contributed by atoms with Gasteiger partial charge in [-0.2, -0.15) is 5.10 Å². The van der Waals surface area contributed by atoms with Gasteiger partial charge in [-0.05, 0) is 31.5 Å². The molecule has 0 unspecified atom stereocenters. The molecule has 5 nitrogen and oxygen atoms in total. The predicted molar refractivity (Wildman–Crippen MR) is 117 cm³/mol. The smallest absolute Gasteiger partial charge is 0.246 e. The van der Waals surface area contributed by atoms with E-state index in [1.807, 2.05) is 47.8 Å². The van der Waals surface area contributed by atoms with Gasteiger partial charge in [0.05, 0.1) is 18.3 Å². The van der Waals surface area contributed by atoms with Gasteiger partial charge in [-0.1, -0.05) is 42.5 Å². The highest BCUT2D eigenvalue weighted by Gasteiger charge is 2.08. The fourth-order valence-corrected chi connectivity index (χ4v) is 3.67. The van der Waals surface area contributed by atoms with Crippen LogP contribution in [0.3, 0.4) is 0 Å². The van der Waals surface area contributed by atoms with Gasteiger partial charge in [-0.15, -0.1) is 11.3 Å². The van der Waals surface area contributed by atoms with Crippen molar-refractivity contribution in [3.05, 3.63) is 71.2 Å². The van der Waals surface area contributed by atoms with E-state index in [1.165, 1.54) is 17.0 Å². The lowest BCUT2D eigenvalue weighted by molar-refractivity contribution is -0.120. The summed E-state index contributed by atoms with van der Waals surface area (Å²) in [7, 11) is 0. The molecule has 0 bridgehead atoms.